The Morgan fingerprint density at radius 2 is 1.89 bits per heavy atom. The van der Waals surface area contributed by atoms with Gasteiger partial charge < -0.3 is 14.5 Å². The topological polar surface area (TPSA) is 77.2 Å². The van der Waals surface area contributed by atoms with Crippen LogP contribution in [0, 0.1) is 0 Å². The molecule has 0 radical (unpaired) electrons. The van der Waals surface area contributed by atoms with Crippen molar-refractivity contribution in [2.24, 2.45) is 0 Å². The van der Waals surface area contributed by atoms with Crippen LogP contribution in [0.15, 0.2) is 64.2 Å². The van der Waals surface area contributed by atoms with Crippen molar-refractivity contribution in [1.29, 1.82) is 0 Å². The first-order valence-electron chi connectivity index (χ1n) is 8.62. The second-order valence-electron chi connectivity index (χ2n) is 5.89. The van der Waals surface area contributed by atoms with Crippen LogP contribution >= 0.6 is 11.8 Å². The van der Waals surface area contributed by atoms with Crippen LogP contribution < -0.4 is 10.1 Å². The molecule has 1 atom stereocenters. The summed E-state index contributed by atoms with van der Waals surface area (Å²) in [6.45, 7) is 2.41. The molecule has 140 valence electrons. The standard InChI is InChI=1S/C20H21N3O3S/c1-14(18(24)21-13-12-15-6-4-3-5-7-15)27-20-23-22-19(26-20)16-8-10-17(25-2)11-9-16/h3-11,14H,12-13H2,1-2H3,(H,21,24)/t14-/m0/s1. The number of ether oxygens (including phenoxy) is 1. The number of nitrogens with zero attached hydrogens (tertiary/aromatic N) is 2. The summed E-state index contributed by atoms with van der Waals surface area (Å²) in [4.78, 5) is 12.2. The maximum Gasteiger partial charge on any atom is 0.277 e. The van der Waals surface area contributed by atoms with Gasteiger partial charge in [0.15, 0.2) is 0 Å². The molecule has 0 spiro atoms. The number of rotatable bonds is 8. The van der Waals surface area contributed by atoms with Gasteiger partial charge in [-0.3, -0.25) is 4.79 Å². The summed E-state index contributed by atoms with van der Waals surface area (Å²) in [7, 11) is 1.61. The molecule has 0 aliphatic carbocycles. The van der Waals surface area contributed by atoms with Crippen LogP contribution in [0.2, 0.25) is 0 Å². The monoisotopic (exact) mass is 383 g/mol. The van der Waals surface area contributed by atoms with Crippen molar-refractivity contribution in [2.45, 2.75) is 23.8 Å². The normalized spacial score (nSPS) is 11.8. The van der Waals surface area contributed by atoms with Crippen molar-refractivity contribution in [3.05, 3.63) is 60.2 Å². The van der Waals surface area contributed by atoms with E-state index >= 15 is 0 Å². The fourth-order valence-electron chi connectivity index (χ4n) is 2.43. The molecule has 0 unspecified atom stereocenters. The van der Waals surface area contributed by atoms with E-state index in [1.165, 1.54) is 17.3 Å². The van der Waals surface area contributed by atoms with E-state index in [1.54, 1.807) is 7.11 Å². The molecule has 1 amide bonds. The molecule has 2 aromatic carbocycles. The van der Waals surface area contributed by atoms with E-state index in [1.807, 2.05) is 61.5 Å². The zero-order chi connectivity index (χ0) is 19.1. The first-order valence-corrected chi connectivity index (χ1v) is 9.50. The highest BCUT2D eigenvalue weighted by Gasteiger charge is 2.18. The van der Waals surface area contributed by atoms with E-state index in [9.17, 15) is 4.79 Å². The number of nitrogens with one attached hydrogen (secondary N) is 1. The maximum atomic E-state index is 12.2. The zero-order valence-corrected chi connectivity index (χ0v) is 16.0. The molecule has 0 bridgehead atoms. The smallest absolute Gasteiger partial charge is 0.277 e. The van der Waals surface area contributed by atoms with E-state index in [4.69, 9.17) is 9.15 Å². The molecule has 6 nitrogen and oxygen atoms in total. The minimum atomic E-state index is -0.329. The molecule has 1 N–H and O–H groups in total. The lowest BCUT2D eigenvalue weighted by molar-refractivity contribution is -0.120. The summed E-state index contributed by atoms with van der Waals surface area (Å²) in [5, 5.41) is 11.0. The summed E-state index contributed by atoms with van der Waals surface area (Å²) in [6.07, 6.45) is 0.798. The number of hydrogen-bond donors (Lipinski definition) is 1. The highest BCUT2D eigenvalue weighted by Crippen LogP contribution is 2.27. The van der Waals surface area contributed by atoms with E-state index in [0.29, 0.717) is 17.7 Å². The second-order valence-corrected chi connectivity index (χ2v) is 7.18. The van der Waals surface area contributed by atoms with Crippen LogP contribution in [0.3, 0.4) is 0 Å². The van der Waals surface area contributed by atoms with Crippen LogP contribution in [-0.2, 0) is 11.2 Å². The fraction of sp³-hybridized carbons (Fsp3) is 0.250. The van der Waals surface area contributed by atoms with Gasteiger partial charge in [0.25, 0.3) is 5.22 Å². The van der Waals surface area contributed by atoms with Gasteiger partial charge in [-0.15, -0.1) is 10.2 Å². The Bertz CT molecular complexity index is 866. The van der Waals surface area contributed by atoms with Crippen molar-refractivity contribution >= 4 is 17.7 Å². The number of carbonyl (C=O) groups excluding carboxylic acids is 1. The van der Waals surface area contributed by atoms with Crippen LogP contribution in [-0.4, -0.2) is 35.0 Å². The summed E-state index contributed by atoms with van der Waals surface area (Å²) in [5.74, 6) is 1.12. The van der Waals surface area contributed by atoms with E-state index in [0.717, 1.165) is 17.7 Å². The first kappa shape index (κ1) is 19.0. The number of hydrogen-bond acceptors (Lipinski definition) is 6. The van der Waals surface area contributed by atoms with Crippen LogP contribution in [0.1, 0.15) is 12.5 Å². The van der Waals surface area contributed by atoms with Gasteiger partial charge >= 0.3 is 0 Å². The van der Waals surface area contributed by atoms with Crippen LogP contribution in [0.5, 0.6) is 5.75 Å². The van der Waals surface area contributed by atoms with Gasteiger partial charge in [0.05, 0.1) is 12.4 Å². The number of thioether (sulfide) groups is 1. The van der Waals surface area contributed by atoms with Gasteiger partial charge in [0, 0.05) is 12.1 Å². The van der Waals surface area contributed by atoms with Crippen molar-refractivity contribution in [3.63, 3.8) is 0 Å². The van der Waals surface area contributed by atoms with E-state index in [2.05, 4.69) is 15.5 Å². The van der Waals surface area contributed by atoms with Crippen molar-refractivity contribution < 1.29 is 13.9 Å². The Hall–Kier alpha value is -2.80. The molecule has 0 aliphatic rings. The highest BCUT2D eigenvalue weighted by atomic mass is 32.2. The average Bonchev–Trinajstić information content (AvgIpc) is 3.17. The minimum absolute atomic E-state index is 0.0554. The lowest BCUT2D eigenvalue weighted by atomic mass is 10.1. The fourth-order valence-corrected chi connectivity index (χ4v) is 3.14. The third-order valence-corrected chi connectivity index (χ3v) is 4.88. The minimum Gasteiger partial charge on any atom is -0.497 e. The number of benzene rings is 2. The molecular weight excluding hydrogens is 362 g/mol. The van der Waals surface area contributed by atoms with Crippen LogP contribution in [0.4, 0.5) is 0 Å². The summed E-state index contributed by atoms with van der Waals surface area (Å²) in [6, 6.07) is 17.4. The van der Waals surface area contributed by atoms with Crippen molar-refractivity contribution in [3.8, 4) is 17.2 Å². The Morgan fingerprint density at radius 1 is 1.15 bits per heavy atom. The maximum absolute atomic E-state index is 12.2. The van der Waals surface area contributed by atoms with E-state index < -0.39 is 0 Å². The predicted molar refractivity (Wildman–Crippen MR) is 105 cm³/mol. The summed E-state index contributed by atoms with van der Waals surface area (Å²) < 4.78 is 10.8. The van der Waals surface area contributed by atoms with Gasteiger partial charge in [0.1, 0.15) is 5.75 Å². The quantitative estimate of drug-likeness (QED) is 0.599. The number of amides is 1. The third-order valence-electron chi connectivity index (χ3n) is 3.95. The Labute approximate surface area is 162 Å². The summed E-state index contributed by atoms with van der Waals surface area (Å²) >= 11 is 1.24. The number of aromatic nitrogens is 2. The van der Waals surface area contributed by atoms with Gasteiger partial charge in [0.2, 0.25) is 11.8 Å². The zero-order valence-electron chi connectivity index (χ0n) is 15.2. The van der Waals surface area contributed by atoms with Gasteiger partial charge in [-0.05, 0) is 43.2 Å². The van der Waals surface area contributed by atoms with Gasteiger partial charge in [-0.2, -0.15) is 0 Å². The molecule has 0 fully saturated rings. The highest BCUT2D eigenvalue weighted by molar-refractivity contribution is 8.00. The van der Waals surface area contributed by atoms with Crippen molar-refractivity contribution in [2.75, 3.05) is 13.7 Å². The Morgan fingerprint density at radius 3 is 2.59 bits per heavy atom. The van der Waals surface area contributed by atoms with Gasteiger partial charge in [-0.1, -0.05) is 42.1 Å². The molecule has 27 heavy (non-hydrogen) atoms. The molecule has 3 aromatic rings. The molecule has 0 saturated carbocycles. The molecule has 0 saturated heterocycles. The third kappa shape index (κ3) is 5.34. The lowest BCUT2D eigenvalue weighted by Crippen LogP contribution is -2.32. The number of carbonyl (C=O) groups is 1. The predicted octanol–water partition coefficient (Wildman–Crippen LogP) is 3.58. The first-order chi connectivity index (χ1) is 13.2. The lowest BCUT2D eigenvalue weighted by Gasteiger charge is -2.09. The molecule has 1 aromatic heterocycles. The van der Waals surface area contributed by atoms with Crippen LogP contribution in [0.25, 0.3) is 11.5 Å². The van der Waals surface area contributed by atoms with Gasteiger partial charge in [-0.25, -0.2) is 0 Å². The molecule has 0 aliphatic heterocycles. The number of methoxy groups -OCH3 is 1. The van der Waals surface area contributed by atoms with E-state index in [-0.39, 0.29) is 11.2 Å². The Balaban J connectivity index is 1.50. The molecule has 3 rings (SSSR count). The summed E-state index contributed by atoms with van der Waals surface area (Å²) in [5.41, 5.74) is 1.99. The molecular formula is C20H21N3O3S. The SMILES string of the molecule is COc1ccc(-c2nnc(S[C@@H](C)C(=O)NCCc3ccccc3)o2)cc1. The molecule has 7 heteroatoms. The molecule has 1 heterocycles. The van der Waals surface area contributed by atoms with Crippen molar-refractivity contribution in [1.82, 2.24) is 15.5 Å². The average molecular weight is 383 g/mol. The Kier molecular flexibility index (Phi) is 6.49. The second kappa shape index (κ2) is 9.23. The largest absolute Gasteiger partial charge is 0.497 e.